The van der Waals surface area contributed by atoms with Crippen LogP contribution in [0.3, 0.4) is 0 Å². The third-order valence-electron chi connectivity index (χ3n) is 4.52. The van der Waals surface area contributed by atoms with Crippen molar-refractivity contribution >= 4 is 22.8 Å². The standard InChI is InChI=1S/C18H21NO5/c1-3-19(17(20)14-8-9-15(24-14)18(21)22)11(2)16-10-12-6-4-5-7-13(12)23-16/h4-7,10-11,14-15H,3,8-9H2,1-2H3,(H,21,22)/t11?,14-,15+/m0/s1. The van der Waals surface area contributed by atoms with Crippen LogP contribution in [-0.2, 0) is 14.3 Å². The molecule has 24 heavy (non-hydrogen) atoms. The van der Waals surface area contributed by atoms with E-state index in [2.05, 4.69) is 0 Å². The first kappa shape index (κ1) is 16.5. The fourth-order valence-electron chi connectivity index (χ4n) is 3.17. The SMILES string of the molecule is CCN(C(=O)[C@@H]1CC[C@H](C(=O)O)O1)C(C)c1cc2ccccc2o1. The molecule has 6 heteroatoms. The molecule has 1 amide bonds. The molecule has 1 aliphatic rings. The lowest BCUT2D eigenvalue weighted by atomic mass is 10.1. The highest BCUT2D eigenvalue weighted by atomic mass is 16.5. The maximum absolute atomic E-state index is 12.7. The maximum atomic E-state index is 12.7. The van der Waals surface area contributed by atoms with Gasteiger partial charge in [-0.15, -0.1) is 0 Å². The van der Waals surface area contributed by atoms with Crippen molar-refractivity contribution in [3.8, 4) is 0 Å². The first-order valence-corrected chi connectivity index (χ1v) is 8.18. The van der Waals surface area contributed by atoms with Crippen molar-refractivity contribution in [2.75, 3.05) is 6.54 Å². The van der Waals surface area contributed by atoms with E-state index in [4.69, 9.17) is 14.3 Å². The lowest BCUT2D eigenvalue weighted by Crippen LogP contribution is -2.41. The Balaban J connectivity index is 1.77. The fraction of sp³-hybridized carbons (Fsp3) is 0.444. The number of nitrogens with zero attached hydrogens (tertiary/aromatic N) is 1. The smallest absolute Gasteiger partial charge is 0.332 e. The summed E-state index contributed by atoms with van der Waals surface area (Å²) in [6.07, 6.45) is -0.793. The van der Waals surface area contributed by atoms with Crippen LogP contribution in [0, 0.1) is 0 Å². The number of aliphatic carboxylic acids is 1. The molecule has 1 aromatic heterocycles. The fourth-order valence-corrected chi connectivity index (χ4v) is 3.17. The monoisotopic (exact) mass is 331 g/mol. The van der Waals surface area contributed by atoms with E-state index in [9.17, 15) is 9.59 Å². The third-order valence-corrected chi connectivity index (χ3v) is 4.52. The molecule has 1 aromatic carbocycles. The Morgan fingerprint density at radius 3 is 2.62 bits per heavy atom. The molecular formula is C18H21NO5. The number of ether oxygens (including phenoxy) is 1. The Morgan fingerprint density at radius 1 is 1.29 bits per heavy atom. The number of carbonyl (C=O) groups is 2. The molecule has 2 aromatic rings. The molecule has 0 saturated carbocycles. The van der Waals surface area contributed by atoms with Gasteiger partial charge in [-0.3, -0.25) is 4.79 Å². The quantitative estimate of drug-likeness (QED) is 0.911. The number of carbonyl (C=O) groups excluding carboxylic acids is 1. The summed E-state index contributed by atoms with van der Waals surface area (Å²) in [6, 6.07) is 9.38. The molecular weight excluding hydrogens is 310 g/mol. The number of rotatable bonds is 5. The van der Waals surface area contributed by atoms with Gasteiger partial charge in [0.1, 0.15) is 17.4 Å². The van der Waals surface area contributed by atoms with Crippen molar-refractivity contribution in [1.82, 2.24) is 4.90 Å². The van der Waals surface area contributed by atoms with Crippen molar-refractivity contribution in [1.29, 1.82) is 0 Å². The van der Waals surface area contributed by atoms with Crippen LogP contribution in [0.2, 0.25) is 0 Å². The molecule has 1 saturated heterocycles. The third kappa shape index (κ3) is 3.01. The number of furan rings is 1. The van der Waals surface area contributed by atoms with Gasteiger partial charge in [-0.1, -0.05) is 18.2 Å². The Hall–Kier alpha value is -2.34. The summed E-state index contributed by atoms with van der Waals surface area (Å²) in [7, 11) is 0. The minimum absolute atomic E-state index is 0.186. The highest BCUT2D eigenvalue weighted by Crippen LogP contribution is 2.30. The molecule has 0 spiro atoms. The summed E-state index contributed by atoms with van der Waals surface area (Å²) in [5, 5.41) is 10.0. The Kier molecular flexibility index (Phi) is 4.57. The van der Waals surface area contributed by atoms with E-state index < -0.39 is 18.2 Å². The molecule has 128 valence electrons. The summed E-state index contributed by atoms with van der Waals surface area (Å²) >= 11 is 0. The highest BCUT2D eigenvalue weighted by molar-refractivity contribution is 5.83. The highest BCUT2D eigenvalue weighted by Gasteiger charge is 2.38. The van der Waals surface area contributed by atoms with E-state index in [0.717, 1.165) is 11.0 Å². The van der Waals surface area contributed by atoms with Crippen LogP contribution in [0.15, 0.2) is 34.7 Å². The maximum Gasteiger partial charge on any atom is 0.332 e. The summed E-state index contributed by atoms with van der Waals surface area (Å²) in [4.78, 5) is 25.4. The average molecular weight is 331 g/mol. The second-order valence-corrected chi connectivity index (χ2v) is 6.02. The average Bonchev–Trinajstić information content (AvgIpc) is 3.22. The molecule has 1 N–H and O–H groups in total. The molecule has 1 fully saturated rings. The number of carboxylic acid groups (broad SMARTS) is 1. The van der Waals surface area contributed by atoms with Gasteiger partial charge in [-0.05, 0) is 38.8 Å². The minimum atomic E-state index is -1.02. The van der Waals surface area contributed by atoms with Crippen LogP contribution in [0.5, 0.6) is 0 Å². The molecule has 0 radical (unpaired) electrons. The van der Waals surface area contributed by atoms with Gasteiger partial charge in [0.2, 0.25) is 0 Å². The number of amides is 1. The Morgan fingerprint density at radius 2 is 2.00 bits per heavy atom. The van der Waals surface area contributed by atoms with E-state index in [1.54, 1.807) is 4.90 Å². The number of likely N-dealkylation sites (N-methyl/N-ethyl adjacent to an activating group) is 1. The van der Waals surface area contributed by atoms with Crippen LogP contribution < -0.4 is 0 Å². The number of carboxylic acids is 1. The van der Waals surface area contributed by atoms with Gasteiger partial charge in [0, 0.05) is 11.9 Å². The van der Waals surface area contributed by atoms with Gasteiger partial charge >= 0.3 is 5.97 Å². The molecule has 2 heterocycles. The van der Waals surface area contributed by atoms with Crippen LogP contribution in [0.1, 0.15) is 38.5 Å². The zero-order valence-electron chi connectivity index (χ0n) is 13.8. The van der Waals surface area contributed by atoms with Crippen LogP contribution in [-0.4, -0.2) is 40.6 Å². The van der Waals surface area contributed by atoms with E-state index >= 15 is 0 Å². The molecule has 3 atom stereocenters. The van der Waals surface area contributed by atoms with Gasteiger partial charge in [-0.25, -0.2) is 4.79 Å². The molecule has 1 aliphatic heterocycles. The number of hydrogen-bond acceptors (Lipinski definition) is 4. The minimum Gasteiger partial charge on any atom is -0.479 e. The van der Waals surface area contributed by atoms with Gasteiger partial charge in [0.25, 0.3) is 5.91 Å². The van der Waals surface area contributed by atoms with Crippen molar-refractivity contribution in [2.24, 2.45) is 0 Å². The lowest BCUT2D eigenvalue weighted by molar-refractivity contribution is -0.155. The second-order valence-electron chi connectivity index (χ2n) is 6.02. The Bertz CT molecular complexity index is 720. The van der Waals surface area contributed by atoms with Crippen LogP contribution >= 0.6 is 0 Å². The molecule has 1 unspecified atom stereocenters. The molecule has 0 aliphatic carbocycles. The van der Waals surface area contributed by atoms with Crippen molar-refractivity contribution in [3.05, 3.63) is 36.1 Å². The van der Waals surface area contributed by atoms with Gasteiger partial charge in [0.15, 0.2) is 6.10 Å². The number of para-hydroxylation sites is 1. The normalized spacial score (nSPS) is 21.8. The number of fused-ring (bicyclic) bond motifs is 1. The van der Waals surface area contributed by atoms with Crippen molar-refractivity contribution < 1.29 is 23.8 Å². The second kappa shape index (κ2) is 6.65. The first-order chi connectivity index (χ1) is 11.5. The van der Waals surface area contributed by atoms with Gasteiger partial charge < -0.3 is 19.2 Å². The summed E-state index contributed by atoms with van der Waals surface area (Å²) < 4.78 is 11.2. The van der Waals surface area contributed by atoms with E-state index in [-0.39, 0.29) is 11.9 Å². The van der Waals surface area contributed by atoms with Crippen LogP contribution in [0.4, 0.5) is 0 Å². The summed E-state index contributed by atoms with van der Waals surface area (Å²) in [5.41, 5.74) is 0.783. The van der Waals surface area contributed by atoms with Crippen molar-refractivity contribution in [3.63, 3.8) is 0 Å². The predicted molar refractivity (Wildman–Crippen MR) is 87.5 cm³/mol. The zero-order valence-corrected chi connectivity index (χ0v) is 13.8. The Labute approximate surface area is 140 Å². The molecule has 6 nitrogen and oxygen atoms in total. The first-order valence-electron chi connectivity index (χ1n) is 8.18. The predicted octanol–water partition coefficient (Wildman–Crippen LogP) is 2.97. The van der Waals surface area contributed by atoms with Gasteiger partial charge in [-0.2, -0.15) is 0 Å². The molecule has 3 rings (SSSR count). The summed E-state index contributed by atoms with van der Waals surface area (Å²) in [5.74, 6) is -0.493. The van der Waals surface area contributed by atoms with E-state index in [0.29, 0.717) is 25.1 Å². The zero-order chi connectivity index (χ0) is 17.3. The number of hydrogen-bond donors (Lipinski definition) is 1. The topological polar surface area (TPSA) is 80.0 Å². The van der Waals surface area contributed by atoms with E-state index in [1.807, 2.05) is 44.2 Å². The number of benzene rings is 1. The lowest BCUT2D eigenvalue weighted by Gasteiger charge is -2.29. The molecule has 0 bridgehead atoms. The van der Waals surface area contributed by atoms with Gasteiger partial charge in [0.05, 0.1) is 6.04 Å². The largest absolute Gasteiger partial charge is 0.479 e. The van der Waals surface area contributed by atoms with Crippen LogP contribution in [0.25, 0.3) is 11.0 Å². The van der Waals surface area contributed by atoms with Crippen molar-refractivity contribution in [2.45, 2.75) is 44.9 Å². The summed E-state index contributed by atoms with van der Waals surface area (Å²) in [6.45, 7) is 4.29. The van der Waals surface area contributed by atoms with E-state index in [1.165, 1.54) is 0 Å².